The number of sulfonamides is 1. The van der Waals surface area contributed by atoms with E-state index in [1.54, 1.807) is 36.4 Å². The molecule has 3 aromatic rings. The van der Waals surface area contributed by atoms with Crippen LogP contribution in [0.25, 0.3) is 22.3 Å². The third kappa shape index (κ3) is 3.86. The predicted molar refractivity (Wildman–Crippen MR) is 110 cm³/mol. The van der Waals surface area contributed by atoms with Crippen LogP contribution in [0.5, 0.6) is 0 Å². The number of hydrogen-bond acceptors (Lipinski definition) is 5. The van der Waals surface area contributed by atoms with Gasteiger partial charge in [0.15, 0.2) is 0 Å². The number of rotatable bonds is 4. The molecule has 8 heteroatoms. The van der Waals surface area contributed by atoms with Crippen molar-refractivity contribution in [3.05, 3.63) is 60.7 Å². The van der Waals surface area contributed by atoms with Gasteiger partial charge in [-0.3, -0.25) is 0 Å². The number of anilines is 1. The standard InChI is InChI=1S/C21H21FN4O2S/c22-19-12-15(8-9-17(19)16-13-24-21(23)25-14-16)18-6-2-3-7-20(18)29(27,28)26-10-4-1-5-11-26/h2-3,6-9,12-14H,1,4-5,10-11H2,(H2,23,24,25). The number of nitrogens with two attached hydrogens (primary N) is 1. The second kappa shape index (κ2) is 7.88. The lowest BCUT2D eigenvalue weighted by atomic mass is 10.0. The highest BCUT2D eigenvalue weighted by molar-refractivity contribution is 7.89. The fourth-order valence-corrected chi connectivity index (χ4v) is 5.30. The molecule has 0 unspecified atom stereocenters. The monoisotopic (exact) mass is 412 g/mol. The van der Waals surface area contributed by atoms with Crippen molar-refractivity contribution in [1.82, 2.24) is 14.3 Å². The third-order valence-corrected chi connectivity index (χ3v) is 7.04. The summed E-state index contributed by atoms with van der Waals surface area (Å²) >= 11 is 0. The van der Waals surface area contributed by atoms with E-state index < -0.39 is 15.8 Å². The van der Waals surface area contributed by atoms with Gasteiger partial charge < -0.3 is 5.73 Å². The summed E-state index contributed by atoms with van der Waals surface area (Å²) in [4.78, 5) is 7.98. The normalized spacial score (nSPS) is 15.3. The summed E-state index contributed by atoms with van der Waals surface area (Å²) in [7, 11) is -3.64. The second-order valence-corrected chi connectivity index (χ2v) is 8.89. The number of halogens is 1. The third-order valence-electron chi connectivity index (χ3n) is 5.08. The molecule has 0 amide bonds. The average molecular weight is 412 g/mol. The molecule has 2 heterocycles. The van der Waals surface area contributed by atoms with Gasteiger partial charge in [0.25, 0.3) is 0 Å². The zero-order valence-electron chi connectivity index (χ0n) is 15.8. The molecule has 150 valence electrons. The molecular weight excluding hydrogens is 391 g/mol. The molecule has 0 radical (unpaired) electrons. The van der Waals surface area contributed by atoms with Crippen molar-refractivity contribution in [2.24, 2.45) is 0 Å². The van der Waals surface area contributed by atoms with Crippen LogP contribution in [-0.4, -0.2) is 35.8 Å². The van der Waals surface area contributed by atoms with Crippen LogP contribution < -0.4 is 5.73 Å². The van der Waals surface area contributed by atoms with Gasteiger partial charge in [-0.15, -0.1) is 0 Å². The first-order chi connectivity index (χ1) is 14.0. The minimum atomic E-state index is -3.64. The Hall–Kier alpha value is -2.84. The van der Waals surface area contributed by atoms with Gasteiger partial charge >= 0.3 is 0 Å². The topological polar surface area (TPSA) is 89.2 Å². The molecular formula is C21H21FN4O2S. The largest absolute Gasteiger partial charge is 0.368 e. The summed E-state index contributed by atoms with van der Waals surface area (Å²) in [6.07, 6.45) is 5.66. The van der Waals surface area contributed by atoms with E-state index in [1.807, 2.05) is 0 Å². The van der Waals surface area contributed by atoms with E-state index in [4.69, 9.17) is 5.73 Å². The molecule has 0 aliphatic carbocycles. The summed E-state index contributed by atoms with van der Waals surface area (Å²) in [5.74, 6) is -0.372. The fraction of sp³-hybridized carbons (Fsp3) is 0.238. The highest BCUT2D eigenvalue weighted by Gasteiger charge is 2.28. The number of aromatic nitrogens is 2. The summed E-state index contributed by atoms with van der Waals surface area (Å²) in [5.41, 5.74) is 7.29. The summed E-state index contributed by atoms with van der Waals surface area (Å²) in [5, 5.41) is 0. The van der Waals surface area contributed by atoms with Gasteiger partial charge in [0.2, 0.25) is 16.0 Å². The number of benzene rings is 2. The molecule has 1 aromatic heterocycles. The quantitative estimate of drug-likeness (QED) is 0.706. The van der Waals surface area contributed by atoms with E-state index >= 15 is 0 Å². The van der Waals surface area contributed by atoms with Crippen molar-refractivity contribution in [2.45, 2.75) is 24.2 Å². The highest BCUT2D eigenvalue weighted by atomic mass is 32.2. The molecule has 29 heavy (non-hydrogen) atoms. The van der Waals surface area contributed by atoms with Gasteiger partial charge in [0.1, 0.15) is 5.82 Å². The maximum atomic E-state index is 14.9. The lowest BCUT2D eigenvalue weighted by molar-refractivity contribution is 0.347. The predicted octanol–water partition coefficient (Wildman–Crippen LogP) is 3.71. The Bertz CT molecular complexity index is 1130. The lowest BCUT2D eigenvalue weighted by Crippen LogP contribution is -2.35. The van der Waals surface area contributed by atoms with Crippen LogP contribution in [0.4, 0.5) is 10.3 Å². The van der Waals surface area contributed by atoms with Crippen LogP contribution in [0.15, 0.2) is 59.8 Å². The summed E-state index contributed by atoms with van der Waals surface area (Å²) in [6.45, 7) is 1.03. The van der Waals surface area contributed by atoms with E-state index in [2.05, 4.69) is 9.97 Å². The van der Waals surface area contributed by atoms with Crippen LogP contribution in [0.3, 0.4) is 0 Å². The van der Waals surface area contributed by atoms with Crippen molar-refractivity contribution in [3.8, 4) is 22.3 Å². The SMILES string of the molecule is Nc1ncc(-c2ccc(-c3ccccc3S(=O)(=O)N3CCCCC3)cc2F)cn1. The molecule has 6 nitrogen and oxygen atoms in total. The Morgan fingerprint density at radius 2 is 1.59 bits per heavy atom. The summed E-state index contributed by atoms with van der Waals surface area (Å²) < 4.78 is 42.8. The molecule has 2 aromatic carbocycles. The van der Waals surface area contributed by atoms with Crippen LogP contribution in [0.1, 0.15) is 19.3 Å². The van der Waals surface area contributed by atoms with Crippen molar-refractivity contribution in [1.29, 1.82) is 0 Å². The smallest absolute Gasteiger partial charge is 0.243 e. The summed E-state index contributed by atoms with van der Waals surface area (Å²) in [6, 6.07) is 11.4. The molecule has 1 fully saturated rings. The van der Waals surface area contributed by atoms with Gasteiger partial charge in [-0.25, -0.2) is 22.8 Å². The first kappa shape index (κ1) is 19.5. The van der Waals surface area contributed by atoms with Gasteiger partial charge in [0, 0.05) is 42.2 Å². The van der Waals surface area contributed by atoms with Crippen molar-refractivity contribution < 1.29 is 12.8 Å². The van der Waals surface area contributed by atoms with E-state index in [-0.39, 0.29) is 10.8 Å². The van der Waals surface area contributed by atoms with Crippen molar-refractivity contribution in [2.75, 3.05) is 18.8 Å². The van der Waals surface area contributed by atoms with Gasteiger partial charge in [-0.1, -0.05) is 36.8 Å². The maximum absolute atomic E-state index is 14.9. The maximum Gasteiger partial charge on any atom is 0.243 e. The Morgan fingerprint density at radius 3 is 2.28 bits per heavy atom. The molecule has 0 spiro atoms. The number of nitrogens with zero attached hydrogens (tertiary/aromatic N) is 3. The first-order valence-corrected chi connectivity index (χ1v) is 10.9. The molecule has 4 rings (SSSR count). The molecule has 0 atom stereocenters. The lowest BCUT2D eigenvalue weighted by Gasteiger charge is -2.27. The molecule has 0 bridgehead atoms. The van der Waals surface area contributed by atoms with Gasteiger partial charge in [-0.2, -0.15) is 4.31 Å². The zero-order chi connectivity index (χ0) is 20.4. The van der Waals surface area contributed by atoms with Crippen LogP contribution >= 0.6 is 0 Å². The van der Waals surface area contributed by atoms with E-state index in [9.17, 15) is 12.8 Å². The Kier molecular flexibility index (Phi) is 5.29. The fourth-order valence-electron chi connectivity index (χ4n) is 3.57. The number of hydrogen-bond donors (Lipinski definition) is 1. The van der Waals surface area contributed by atoms with Gasteiger partial charge in [0.05, 0.1) is 4.90 Å². The number of nitrogen functional groups attached to an aromatic ring is 1. The molecule has 1 saturated heterocycles. The molecule has 0 saturated carbocycles. The van der Waals surface area contributed by atoms with Crippen molar-refractivity contribution >= 4 is 16.0 Å². The average Bonchev–Trinajstić information content (AvgIpc) is 2.75. The Balaban J connectivity index is 1.74. The van der Waals surface area contributed by atoms with Gasteiger partial charge in [-0.05, 0) is 30.5 Å². The molecule has 2 N–H and O–H groups in total. The van der Waals surface area contributed by atoms with E-state index in [0.29, 0.717) is 35.3 Å². The zero-order valence-corrected chi connectivity index (χ0v) is 16.6. The minimum absolute atomic E-state index is 0.114. The first-order valence-electron chi connectivity index (χ1n) is 9.44. The Morgan fingerprint density at radius 1 is 0.897 bits per heavy atom. The Labute approximate surface area is 169 Å². The van der Waals surface area contributed by atoms with Crippen molar-refractivity contribution in [3.63, 3.8) is 0 Å². The molecule has 1 aliphatic heterocycles. The molecule has 1 aliphatic rings. The minimum Gasteiger partial charge on any atom is -0.368 e. The van der Waals surface area contributed by atoms with E-state index in [1.165, 1.54) is 22.8 Å². The highest BCUT2D eigenvalue weighted by Crippen LogP contribution is 2.33. The van der Waals surface area contributed by atoms with Crippen LogP contribution in [0, 0.1) is 5.82 Å². The van der Waals surface area contributed by atoms with Crippen LogP contribution in [0.2, 0.25) is 0 Å². The van der Waals surface area contributed by atoms with Crippen LogP contribution in [-0.2, 0) is 10.0 Å². The number of piperidine rings is 1. The van der Waals surface area contributed by atoms with E-state index in [0.717, 1.165) is 19.3 Å². The second-order valence-electron chi connectivity index (χ2n) is 6.99.